The zero-order valence-corrected chi connectivity index (χ0v) is 12.6. The van der Waals surface area contributed by atoms with Gasteiger partial charge in [0.15, 0.2) is 0 Å². The minimum absolute atomic E-state index is 0.0924. The van der Waals surface area contributed by atoms with Crippen LogP contribution in [0.15, 0.2) is 53.4 Å². The predicted octanol–water partition coefficient (Wildman–Crippen LogP) is 3.22. The fraction of sp³-hybridized carbons (Fsp3) is 0.133. The van der Waals surface area contributed by atoms with Crippen LogP contribution in [0.4, 0.5) is 0 Å². The molecule has 0 saturated carbocycles. The molecular formula is C15H13ClO4S. The number of ether oxygens (including phenoxy) is 1. The van der Waals surface area contributed by atoms with Gasteiger partial charge >= 0.3 is 5.97 Å². The van der Waals surface area contributed by atoms with Crippen molar-refractivity contribution in [1.29, 1.82) is 0 Å². The molecule has 2 rings (SSSR count). The molecule has 0 aliphatic carbocycles. The smallest absolute Gasteiger partial charge is 0.339 e. The molecule has 1 atom stereocenters. The zero-order valence-electron chi connectivity index (χ0n) is 11.0. The third kappa shape index (κ3) is 4.31. The van der Waals surface area contributed by atoms with E-state index in [2.05, 4.69) is 0 Å². The monoisotopic (exact) mass is 324 g/mol. The van der Waals surface area contributed by atoms with Crippen LogP contribution >= 0.6 is 11.6 Å². The van der Waals surface area contributed by atoms with E-state index in [-0.39, 0.29) is 23.7 Å². The summed E-state index contributed by atoms with van der Waals surface area (Å²) in [5.41, 5.74) is 0.0924. The maximum atomic E-state index is 12.0. The summed E-state index contributed by atoms with van der Waals surface area (Å²) < 4.78 is 17.5. The Kier molecular flexibility index (Phi) is 5.36. The normalized spacial score (nSPS) is 11.9. The van der Waals surface area contributed by atoms with Crippen LogP contribution in [0.25, 0.3) is 0 Å². The fourth-order valence-corrected chi connectivity index (χ4v) is 2.74. The molecule has 110 valence electrons. The molecule has 0 heterocycles. The molecule has 0 spiro atoms. The van der Waals surface area contributed by atoms with Gasteiger partial charge in [0.05, 0.1) is 16.6 Å². The topological polar surface area (TPSA) is 63.6 Å². The van der Waals surface area contributed by atoms with Crippen molar-refractivity contribution in [3.63, 3.8) is 0 Å². The molecule has 4 nitrogen and oxygen atoms in total. The molecular weight excluding hydrogens is 312 g/mol. The number of aromatic carboxylic acids is 1. The predicted molar refractivity (Wildman–Crippen MR) is 81.6 cm³/mol. The molecule has 0 bridgehead atoms. The van der Waals surface area contributed by atoms with Crippen molar-refractivity contribution in [1.82, 2.24) is 0 Å². The van der Waals surface area contributed by atoms with Crippen LogP contribution in [0.5, 0.6) is 5.75 Å². The van der Waals surface area contributed by atoms with E-state index in [0.717, 1.165) is 0 Å². The Morgan fingerprint density at radius 3 is 2.48 bits per heavy atom. The first-order valence-electron chi connectivity index (χ1n) is 6.17. The summed E-state index contributed by atoms with van der Waals surface area (Å²) in [4.78, 5) is 11.7. The molecule has 1 unspecified atom stereocenters. The SMILES string of the molecule is O=C(O)c1ccccc1OCCS(=O)c1ccc(Cl)cc1. The summed E-state index contributed by atoms with van der Waals surface area (Å²) in [6.07, 6.45) is 0. The van der Waals surface area contributed by atoms with E-state index in [1.54, 1.807) is 42.5 Å². The summed E-state index contributed by atoms with van der Waals surface area (Å²) in [6, 6.07) is 13.1. The number of carboxylic acid groups (broad SMARTS) is 1. The van der Waals surface area contributed by atoms with Gasteiger partial charge in [-0.15, -0.1) is 0 Å². The highest BCUT2D eigenvalue weighted by Crippen LogP contribution is 2.18. The van der Waals surface area contributed by atoms with E-state index in [9.17, 15) is 9.00 Å². The van der Waals surface area contributed by atoms with Crippen molar-refractivity contribution in [3.8, 4) is 5.75 Å². The highest BCUT2D eigenvalue weighted by molar-refractivity contribution is 7.85. The molecule has 0 aliphatic rings. The van der Waals surface area contributed by atoms with E-state index in [4.69, 9.17) is 21.4 Å². The minimum atomic E-state index is -1.21. The second-order valence-electron chi connectivity index (χ2n) is 4.15. The maximum absolute atomic E-state index is 12.0. The molecule has 0 aliphatic heterocycles. The molecule has 2 aromatic rings. The number of benzene rings is 2. The third-order valence-corrected chi connectivity index (χ3v) is 4.31. The van der Waals surface area contributed by atoms with Crippen molar-refractivity contribution in [2.24, 2.45) is 0 Å². The second kappa shape index (κ2) is 7.24. The lowest BCUT2D eigenvalue weighted by atomic mass is 10.2. The van der Waals surface area contributed by atoms with Gasteiger partial charge in [-0.3, -0.25) is 4.21 Å². The van der Waals surface area contributed by atoms with Gasteiger partial charge in [0, 0.05) is 9.92 Å². The summed E-state index contributed by atoms with van der Waals surface area (Å²) >= 11 is 5.77. The van der Waals surface area contributed by atoms with Gasteiger partial charge in [0.1, 0.15) is 17.9 Å². The molecule has 0 amide bonds. The molecule has 1 N–H and O–H groups in total. The number of halogens is 1. The Bertz CT molecular complexity index is 655. The van der Waals surface area contributed by atoms with Crippen molar-refractivity contribution >= 4 is 28.4 Å². The number of hydrogen-bond acceptors (Lipinski definition) is 3. The fourth-order valence-electron chi connectivity index (χ4n) is 1.70. The van der Waals surface area contributed by atoms with Gasteiger partial charge in [0.2, 0.25) is 0 Å². The summed E-state index contributed by atoms with van der Waals surface area (Å²) in [5, 5.41) is 9.61. The van der Waals surface area contributed by atoms with Crippen LogP contribution in [0.3, 0.4) is 0 Å². The Hall–Kier alpha value is -1.85. The lowest BCUT2D eigenvalue weighted by Gasteiger charge is -2.08. The lowest BCUT2D eigenvalue weighted by molar-refractivity contribution is 0.0692. The van der Waals surface area contributed by atoms with Gasteiger partial charge in [0.25, 0.3) is 0 Å². The average Bonchev–Trinajstić information content (AvgIpc) is 2.48. The van der Waals surface area contributed by atoms with Gasteiger partial charge < -0.3 is 9.84 Å². The summed E-state index contributed by atoms with van der Waals surface area (Å²) in [5.74, 6) is -0.502. The Morgan fingerprint density at radius 2 is 1.81 bits per heavy atom. The minimum Gasteiger partial charge on any atom is -0.492 e. The highest BCUT2D eigenvalue weighted by Gasteiger charge is 2.11. The molecule has 21 heavy (non-hydrogen) atoms. The van der Waals surface area contributed by atoms with Crippen LogP contribution in [0.2, 0.25) is 5.02 Å². The molecule has 0 aromatic heterocycles. The average molecular weight is 325 g/mol. The quantitative estimate of drug-likeness (QED) is 0.886. The summed E-state index contributed by atoms with van der Waals surface area (Å²) in [6.45, 7) is 0.166. The standard InChI is InChI=1S/C15H13ClO4S/c16-11-5-7-12(8-6-11)21(19)10-9-20-14-4-2-1-3-13(14)15(17)18/h1-8H,9-10H2,(H,17,18). The molecule has 0 radical (unpaired) electrons. The van der Waals surface area contributed by atoms with Crippen molar-refractivity contribution in [2.75, 3.05) is 12.4 Å². The Morgan fingerprint density at radius 1 is 1.14 bits per heavy atom. The van der Waals surface area contributed by atoms with Crippen LogP contribution < -0.4 is 4.74 Å². The van der Waals surface area contributed by atoms with Crippen LogP contribution in [-0.4, -0.2) is 27.6 Å². The van der Waals surface area contributed by atoms with Crippen LogP contribution in [-0.2, 0) is 10.8 Å². The van der Waals surface area contributed by atoms with Crippen LogP contribution in [0, 0.1) is 0 Å². The number of carbonyl (C=O) groups is 1. The van der Waals surface area contributed by atoms with Crippen molar-refractivity contribution in [2.45, 2.75) is 4.90 Å². The van der Waals surface area contributed by atoms with E-state index >= 15 is 0 Å². The first kappa shape index (κ1) is 15.5. The van der Waals surface area contributed by atoms with E-state index in [1.807, 2.05) is 0 Å². The Balaban J connectivity index is 1.94. The molecule has 0 fully saturated rings. The molecule has 2 aromatic carbocycles. The van der Waals surface area contributed by atoms with Gasteiger partial charge in [-0.2, -0.15) is 0 Å². The largest absolute Gasteiger partial charge is 0.492 e. The molecule has 6 heteroatoms. The summed E-state index contributed by atoms with van der Waals surface area (Å²) in [7, 11) is -1.21. The van der Waals surface area contributed by atoms with Gasteiger partial charge in [-0.05, 0) is 36.4 Å². The number of para-hydroxylation sites is 1. The maximum Gasteiger partial charge on any atom is 0.339 e. The third-order valence-electron chi connectivity index (χ3n) is 2.72. The number of hydrogen-bond donors (Lipinski definition) is 1. The number of carboxylic acids is 1. The van der Waals surface area contributed by atoms with E-state index in [0.29, 0.717) is 9.92 Å². The first-order chi connectivity index (χ1) is 10.1. The Labute approximate surface area is 129 Å². The van der Waals surface area contributed by atoms with Gasteiger partial charge in [-0.1, -0.05) is 23.7 Å². The van der Waals surface area contributed by atoms with E-state index in [1.165, 1.54) is 6.07 Å². The van der Waals surface area contributed by atoms with Crippen molar-refractivity contribution in [3.05, 3.63) is 59.1 Å². The second-order valence-corrected chi connectivity index (χ2v) is 6.16. The zero-order chi connectivity index (χ0) is 15.2. The highest BCUT2D eigenvalue weighted by atomic mass is 35.5. The lowest BCUT2D eigenvalue weighted by Crippen LogP contribution is -2.10. The first-order valence-corrected chi connectivity index (χ1v) is 7.86. The number of rotatable bonds is 6. The van der Waals surface area contributed by atoms with Crippen molar-refractivity contribution < 1.29 is 18.8 Å². The molecule has 0 saturated heterocycles. The van der Waals surface area contributed by atoms with E-state index < -0.39 is 16.8 Å². The van der Waals surface area contributed by atoms with Crippen LogP contribution in [0.1, 0.15) is 10.4 Å². The van der Waals surface area contributed by atoms with Gasteiger partial charge in [-0.25, -0.2) is 4.79 Å².